The van der Waals surface area contributed by atoms with E-state index in [1.165, 1.54) is 34.9 Å². The van der Waals surface area contributed by atoms with Crippen molar-refractivity contribution in [3.63, 3.8) is 0 Å². The van der Waals surface area contributed by atoms with Crippen LogP contribution in [0.4, 0.5) is 4.39 Å². The van der Waals surface area contributed by atoms with E-state index in [0.29, 0.717) is 21.4 Å². The van der Waals surface area contributed by atoms with E-state index in [9.17, 15) is 14.3 Å². The summed E-state index contributed by atoms with van der Waals surface area (Å²) in [6.45, 7) is 1.64. The lowest BCUT2D eigenvalue weighted by atomic mass is 10.1. The number of amides is 1. The van der Waals surface area contributed by atoms with Crippen molar-refractivity contribution in [3.05, 3.63) is 57.6 Å². The van der Waals surface area contributed by atoms with Gasteiger partial charge < -0.3 is 15.5 Å². The molecule has 8 nitrogen and oxygen atoms in total. The van der Waals surface area contributed by atoms with Gasteiger partial charge >= 0.3 is 0 Å². The zero-order chi connectivity index (χ0) is 21.3. The number of thiazole rings is 2. The van der Waals surface area contributed by atoms with Gasteiger partial charge in [0, 0.05) is 22.7 Å². The number of aromatic amines is 1. The second kappa shape index (κ2) is 8.30. The van der Waals surface area contributed by atoms with Crippen LogP contribution < -0.4 is 5.32 Å². The minimum Gasteiger partial charge on any atom is -0.508 e. The molecule has 1 aromatic carbocycles. The van der Waals surface area contributed by atoms with Crippen LogP contribution in [0.15, 0.2) is 29.8 Å². The second-order valence-electron chi connectivity index (χ2n) is 6.33. The number of hydrogen-bond acceptors (Lipinski definition) is 8. The smallest absolute Gasteiger partial charge is 0.269 e. The maximum Gasteiger partial charge on any atom is 0.269 e. The molecule has 30 heavy (non-hydrogen) atoms. The highest BCUT2D eigenvalue weighted by Crippen LogP contribution is 2.36. The second-order valence-corrected chi connectivity index (χ2v) is 8.27. The molecule has 3 aromatic heterocycles. The lowest BCUT2D eigenvalue weighted by Crippen LogP contribution is -2.23. The number of carbonyl (C=O) groups excluding carboxylic acids is 1. The fourth-order valence-electron chi connectivity index (χ4n) is 2.79. The van der Waals surface area contributed by atoms with E-state index < -0.39 is 12.4 Å². The van der Waals surface area contributed by atoms with E-state index in [1.54, 1.807) is 11.4 Å². The molecule has 0 radical (unpaired) electrons. The van der Waals surface area contributed by atoms with Crippen LogP contribution in [0.3, 0.4) is 0 Å². The predicted octanol–water partition coefficient (Wildman–Crippen LogP) is 3.23. The third-order valence-electron chi connectivity index (χ3n) is 4.29. The number of rotatable bonds is 6. The number of phenols is 1. The number of aliphatic hydroxyl groups is 1. The van der Waals surface area contributed by atoms with Crippen LogP contribution in [0.5, 0.6) is 5.75 Å². The van der Waals surface area contributed by atoms with Crippen LogP contribution in [0.2, 0.25) is 0 Å². The first-order chi connectivity index (χ1) is 14.5. The van der Waals surface area contributed by atoms with E-state index in [-0.39, 0.29) is 29.3 Å². The minimum absolute atomic E-state index is 0.119. The number of carbonyl (C=O) groups is 1. The van der Waals surface area contributed by atoms with Gasteiger partial charge in [-0.15, -0.1) is 22.7 Å². The molecule has 0 bridgehead atoms. The van der Waals surface area contributed by atoms with Crippen molar-refractivity contribution in [2.45, 2.75) is 20.1 Å². The topological polar surface area (TPSA) is 124 Å². The Labute approximate surface area is 178 Å². The van der Waals surface area contributed by atoms with Crippen molar-refractivity contribution < 1.29 is 19.4 Å². The SMILES string of the molecule is Cc1nc(CNC(=O)c2ccn[nH]2)sc1-c1csc(-c2cc(O)c(CO)cc2F)n1. The molecule has 0 saturated carbocycles. The molecule has 0 aliphatic heterocycles. The van der Waals surface area contributed by atoms with Crippen LogP contribution >= 0.6 is 22.7 Å². The molecule has 3 heterocycles. The van der Waals surface area contributed by atoms with Crippen LogP contribution in [-0.4, -0.2) is 36.3 Å². The molecular weight excluding hydrogens is 429 g/mol. The van der Waals surface area contributed by atoms with E-state index in [2.05, 4.69) is 25.5 Å². The zero-order valence-corrected chi connectivity index (χ0v) is 17.3. The number of nitrogens with zero attached hydrogens (tertiary/aromatic N) is 3. The molecule has 4 rings (SSSR count). The molecule has 0 saturated heterocycles. The highest BCUT2D eigenvalue weighted by Gasteiger charge is 2.18. The maximum absolute atomic E-state index is 14.4. The van der Waals surface area contributed by atoms with E-state index in [0.717, 1.165) is 16.6 Å². The van der Waals surface area contributed by atoms with Crippen molar-refractivity contribution in [1.29, 1.82) is 0 Å². The number of H-pyrrole nitrogens is 1. The van der Waals surface area contributed by atoms with Gasteiger partial charge in [-0.2, -0.15) is 5.10 Å². The number of aromatic hydroxyl groups is 1. The van der Waals surface area contributed by atoms with Crippen molar-refractivity contribution >= 4 is 28.6 Å². The average Bonchev–Trinajstić information content (AvgIpc) is 3.48. The lowest BCUT2D eigenvalue weighted by molar-refractivity contribution is 0.0946. The van der Waals surface area contributed by atoms with Gasteiger partial charge in [0.05, 0.1) is 29.4 Å². The number of hydrogen-bond donors (Lipinski definition) is 4. The molecule has 0 atom stereocenters. The molecule has 1 amide bonds. The van der Waals surface area contributed by atoms with Crippen molar-refractivity contribution in [2.75, 3.05) is 0 Å². The summed E-state index contributed by atoms with van der Waals surface area (Å²) in [5.74, 6) is -1.03. The van der Waals surface area contributed by atoms with Crippen LogP contribution in [0.25, 0.3) is 21.1 Å². The van der Waals surface area contributed by atoms with Crippen LogP contribution in [-0.2, 0) is 13.2 Å². The van der Waals surface area contributed by atoms with Gasteiger partial charge in [0.1, 0.15) is 27.3 Å². The van der Waals surface area contributed by atoms with Gasteiger partial charge in [-0.1, -0.05) is 0 Å². The molecule has 0 aliphatic rings. The molecule has 0 fully saturated rings. The quantitative estimate of drug-likeness (QED) is 0.361. The number of aromatic nitrogens is 4. The van der Waals surface area contributed by atoms with Crippen molar-refractivity contribution in [2.24, 2.45) is 0 Å². The largest absolute Gasteiger partial charge is 0.508 e. The van der Waals surface area contributed by atoms with Crippen LogP contribution in [0.1, 0.15) is 26.8 Å². The number of aliphatic hydroxyl groups excluding tert-OH is 1. The number of benzene rings is 1. The summed E-state index contributed by atoms with van der Waals surface area (Å²) in [6, 6.07) is 3.94. The summed E-state index contributed by atoms with van der Waals surface area (Å²) in [5, 5.41) is 31.1. The van der Waals surface area contributed by atoms with E-state index in [4.69, 9.17) is 5.11 Å². The summed E-state index contributed by atoms with van der Waals surface area (Å²) in [4.78, 5) is 21.8. The summed E-state index contributed by atoms with van der Waals surface area (Å²) in [6.07, 6.45) is 1.50. The predicted molar refractivity (Wildman–Crippen MR) is 111 cm³/mol. The van der Waals surface area contributed by atoms with Gasteiger partial charge in [-0.25, -0.2) is 14.4 Å². The Kier molecular flexibility index (Phi) is 5.57. The van der Waals surface area contributed by atoms with Crippen LogP contribution in [0, 0.1) is 12.7 Å². The highest BCUT2D eigenvalue weighted by atomic mass is 32.1. The molecular formula is C19H16FN5O3S2. The summed E-state index contributed by atoms with van der Waals surface area (Å²) >= 11 is 2.63. The Balaban J connectivity index is 1.54. The fraction of sp³-hybridized carbons (Fsp3) is 0.158. The number of aryl methyl sites for hydroxylation is 1. The normalized spacial score (nSPS) is 11.0. The standard InChI is InChI=1S/C19H16FN5O3S2/c1-9-17(30-16(23-9)6-21-18(28)13-2-3-22-25-13)14-8-29-19(24-14)11-5-15(27)10(7-26)4-12(11)20/h2-5,8,26-27H,6-7H2,1H3,(H,21,28)(H,22,25). The molecule has 0 aliphatic carbocycles. The third-order valence-corrected chi connectivity index (χ3v) is 6.35. The molecule has 11 heteroatoms. The zero-order valence-electron chi connectivity index (χ0n) is 15.6. The Hall–Kier alpha value is -3.15. The van der Waals surface area contributed by atoms with Gasteiger partial charge in [0.25, 0.3) is 5.91 Å². The first-order valence-electron chi connectivity index (χ1n) is 8.78. The Morgan fingerprint density at radius 3 is 2.90 bits per heavy atom. The number of nitrogens with one attached hydrogen (secondary N) is 2. The summed E-state index contributed by atoms with van der Waals surface area (Å²) in [5.41, 5.74) is 2.04. The Morgan fingerprint density at radius 1 is 1.33 bits per heavy atom. The van der Waals surface area contributed by atoms with Gasteiger partial charge in [-0.3, -0.25) is 9.89 Å². The van der Waals surface area contributed by atoms with Crippen molar-refractivity contribution in [1.82, 2.24) is 25.5 Å². The molecule has 154 valence electrons. The summed E-state index contributed by atoms with van der Waals surface area (Å²) < 4.78 is 14.4. The van der Waals surface area contributed by atoms with E-state index >= 15 is 0 Å². The summed E-state index contributed by atoms with van der Waals surface area (Å²) in [7, 11) is 0. The van der Waals surface area contributed by atoms with Gasteiger partial charge in [0.2, 0.25) is 0 Å². The minimum atomic E-state index is -0.569. The third kappa shape index (κ3) is 3.95. The monoisotopic (exact) mass is 445 g/mol. The molecule has 0 unspecified atom stereocenters. The molecule has 0 spiro atoms. The maximum atomic E-state index is 14.4. The van der Waals surface area contributed by atoms with E-state index in [1.807, 2.05) is 6.92 Å². The first kappa shape index (κ1) is 20.1. The lowest BCUT2D eigenvalue weighted by Gasteiger charge is -2.05. The average molecular weight is 446 g/mol. The Bertz CT molecular complexity index is 1200. The fourth-order valence-corrected chi connectivity index (χ4v) is 4.66. The Morgan fingerprint density at radius 2 is 2.17 bits per heavy atom. The highest BCUT2D eigenvalue weighted by molar-refractivity contribution is 7.16. The number of halogens is 1. The molecule has 4 aromatic rings. The van der Waals surface area contributed by atoms with Gasteiger partial charge in [-0.05, 0) is 25.1 Å². The first-order valence-corrected chi connectivity index (χ1v) is 10.5. The van der Waals surface area contributed by atoms with Gasteiger partial charge in [0.15, 0.2) is 0 Å². The van der Waals surface area contributed by atoms with Crippen molar-refractivity contribution in [3.8, 4) is 26.9 Å². The molecule has 4 N–H and O–H groups in total.